The van der Waals surface area contributed by atoms with Gasteiger partial charge < -0.3 is 20.5 Å². The van der Waals surface area contributed by atoms with Gasteiger partial charge in [0.25, 0.3) is 0 Å². The minimum atomic E-state index is -0.540. The fourth-order valence-corrected chi connectivity index (χ4v) is 3.26. The number of cyclic esters (lactones) is 1. The molecular weight excluding hydrogens is 384 g/mol. The number of amides is 2. The zero-order chi connectivity index (χ0) is 21.8. The lowest BCUT2D eigenvalue weighted by molar-refractivity contribution is -0.145. The van der Waals surface area contributed by atoms with Crippen molar-refractivity contribution in [1.29, 1.82) is 0 Å². The first-order valence-corrected chi connectivity index (χ1v) is 10.5. The standard InChI is InChI=1S/C23H32N2O5/c1-17(15-26)24-21(27)14-19-11-7-2-3-8-12-22(28)30-16-20(25-23(19)29)13-18-9-5-4-6-10-18/h2,4-7,9-10,17,19-20,26H,3,8,11-16H2,1H3,(H,24,27)(H,25,29)/t17-,19+,20+/m0/s1. The molecule has 1 aliphatic rings. The van der Waals surface area contributed by atoms with E-state index in [2.05, 4.69) is 10.6 Å². The van der Waals surface area contributed by atoms with Gasteiger partial charge in [0, 0.05) is 18.9 Å². The summed E-state index contributed by atoms with van der Waals surface area (Å²) in [5.41, 5.74) is 1.02. The van der Waals surface area contributed by atoms with Gasteiger partial charge in [0.05, 0.1) is 18.6 Å². The Kier molecular flexibility index (Phi) is 10.1. The second kappa shape index (κ2) is 12.8. The minimum Gasteiger partial charge on any atom is -0.463 e. The molecule has 3 N–H and O–H groups in total. The lowest BCUT2D eigenvalue weighted by atomic mass is 9.97. The number of ether oxygens (including phenoxy) is 1. The van der Waals surface area contributed by atoms with Crippen molar-refractivity contribution in [2.45, 2.75) is 57.5 Å². The molecule has 1 heterocycles. The van der Waals surface area contributed by atoms with E-state index >= 15 is 0 Å². The molecule has 3 atom stereocenters. The van der Waals surface area contributed by atoms with Crippen molar-refractivity contribution in [1.82, 2.24) is 10.6 Å². The third-order valence-corrected chi connectivity index (χ3v) is 4.94. The van der Waals surface area contributed by atoms with Gasteiger partial charge in [-0.3, -0.25) is 14.4 Å². The molecule has 1 aromatic carbocycles. The summed E-state index contributed by atoms with van der Waals surface area (Å²) in [6.07, 6.45) is 6.53. The normalized spacial score (nSPS) is 21.9. The second-order valence-electron chi connectivity index (χ2n) is 7.73. The molecule has 0 fully saturated rings. The number of carbonyl (C=O) groups excluding carboxylic acids is 3. The number of hydrogen-bond acceptors (Lipinski definition) is 5. The Bertz CT molecular complexity index is 720. The van der Waals surface area contributed by atoms with Crippen LogP contribution in [0.15, 0.2) is 42.5 Å². The number of allylic oxidation sites excluding steroid dienone is 2. The minimum absolute atomic E-state index is 0.0261. The molecule has 0 saturated heterocycles. The molecule has 0 bridgehead atoms. The van der Waals surface area contributed by atoms with E-state index in [1.54, 1.807) is 6.92 Å². The summed E-state index contributed by atoms with van der Waals surface area (Å²) in [7, 11) is 0. The third kappa shape index (κ3) is 8.78. The van der Waals surface area contributed by atoms with Gasteiger partial charge in [0.2, 0.25) is 11.8 Å². The van der Waals surface area contributed by atoms with Gasteiger partial charge in [-0.25, -0.2) is 0 Å². The Labute approximate surface area is 177 Å². The van der Waals surface area contributed by atoms with Crippen LogP contribution < -0.4 is 10.6 Å². The van der Waals surface area contributed by atoms with E-state index in [1.807, 2.05) is 42.5 Å². The van der Waals surface area contributed by atoms with Crippen molar-refractivity contribution in [2.75, 3.05) is 13.2 Å². The first-order valence-electron chi connectivity index (χ1n) is 10.5. The predicted molar refractivity (Wildman–Crippen MR) is 113 cm³/mol. The molecule has 1 aromatic rings. The van der Waals surface area contributed by atoms with Crippen LogP contribution in [0.1, 0.15) is 44.6 Å². The summed E-state index contributed by atoms with van der Waals surface area (Å²) < 4.78 is 5.39. The molecule has 7 nitrogen and oxygen atoms in total. The van der Waals surface area contributed by atoms with Gasteiger partial charge in [-0.1, -0.05) is 42.5 Å². The fraction of sp³-hybridized carbons (Fsp3) is 0.522. The van der Waals surface area contributed by atoms with E-state index in [4.69, 9.17) is 9.84 Å². The molecule has 30 heavy (non-hydrogen) atoms. The molecule has 0 saturated carbocycles. The number of carbonyl (C=O) groups is 3. The van der Waals surface area contributed by atoms with Crippen molar-refractivity contribution in [2.24, 2.45) is 5.92 Å². The maximum absolute atomic E-state index is 13.0. The van der Waals surface area contributed by atoms with Gasteiger partial charge in [-0.05, 0) is 38.2 Å². The summed E-state index contributed by atoms with van der Waals surface area (Å²) in [5.74, 6) is -1.34. The number of aliphatic hydroxyl groups is 1. The average Bonchev–Trinajstić information content (AvgIpc) is 2.74. The van der Waals surface area contributed by atoms with Gasteiger partial charge in [0.1, 0.15) is 6.61 Å². The van der Waals surface area contributed by atoms with Crippen molar-refractivity contribution in [3.8, 4) is 0 Å². The van der Waals surface area contributed by atoms with Crippen LogP contribution in [-0.4, -0.2) is 48.2 Å². The van der Waals surface area contributed by atoms with Crippen molar-refractivity contribution < 1.29 is 24.2 Å². The van der Waals surface area contributed by atoms with Crippen LogP contribution in [0.3, 0.4) is 0 Å². The summed E-state index contributed by atoms with van der Waals surface area (Å²) >= 11 is 0. The summed E-state index contributed by atoms with van der Waals surface area (Å²) in [6, 6.07) is 8.93. The molecule has 0 aromatic heterocycles. The lowest BCUT2D eigenvalue weighted by Gasteiger charge is -2.22. The summed E-state index contributed by atoms with van der Waals surface area (Å²) in [5, 5.41) is 14.8. The fourth-order valence-electron chi connectivity index (χ4n) is 3.26. The molecule has 2 rings (SSSR count). The van der Waals surface area contributed by atoms with Crippen LogP contribution >= 0.6 is 0 Å². The van der Waals surface area contributed by atoms with Gasteiger partial charge in [-0.15, -0.1) is 0 Å². The zero-order valence-electron chi connectivity index (χ0n) is 17.5. The van der Waals surface area contributed by atoms with Crippen LogP contribution in [0, 0.1) is 5.92 Å². The SMILES string of the molecule is C[C@@H](CO)NC(=O)C[C@H]1CC=CCCCC(=O)OC[C@@H](Cc2ccccc2)NC1=O. The zero-order valence-corrected chi connectivity index (χ0v) is 17.5. The Morgan fingerprint density at radius 1 is 1.27 bits per heavy atom. The average molecular weight is 417 g/mol. The monoisotopic (exact) mass is 416 g/mol. The first-order chi connectivity index (χ1) is 14.5. The topological polar surface area (TPSA) is 105 Å². The smallest absolute Gasteiger partial charge is 0.305 e. The quantitative estimate of drug-likeness (QED) is 0.485. The Hall–Kier alpha value is -2.67. The number of nitrogens with one attached hydrogen (secondary N) is 2. The summed E-state index contributed by atoms with van der Waals surface area (Å²) in [4.78, 5) is 37.2. The molecule has 1 aliphatic heterocycles. The Morgan fingerprint density at radius 3 is 2.77 bits per heavy atom. The number of benzene rings is 1. The number of hydrogen-bond donors (Lipinski definition) is 3. The highest BCUT2D eigenvalue weighted by Gasteiger charge is 2.25. The molecular formula is C23H32N2O5. The van der Waals surface area contributed by atoms with Crippen LogP contribution in [0.25, 0.3) is 0 Å². The van der Waals surface area contributed by atoms with E-state index in [1.165, 1.54) is 0 Å². The highest BCUT2D eigenvalue weighted by Crippen LogP contribution is 2.14. The molecule has 0 spiro atoms. The van der Waals surface area contributed by atoms with Crippen molar-refractivity contribution in [3.05, 3.63) is 48.0 Å². The van der Waals surface area contributed by atoms with E-state index in [0.29, 0.717) is 32.1 Å². The highest BCUT2D eigenvalue weighted by molar-refractivity contribution is 5.86. The molecule has 2 amide bonds. The highest BCUT2D eigenvalue weighted by atomic mass is 16.5. The van der Waals surface area contributed by atoms with Crippen LogP contribution in [-0.2, 0) is 25.5 Å². The maximum atomic E-state index is 13.0. The Balaban J connectivity index is 2.11. The number of rotatable bonds is 6. The number of aliphatic hydroxyl groups excluding tert-OH is 1. The largest absolute Gasteiger partial charge is 0.463 e. The van der Waals surface area contributed by atoms with Crippen molar-refractivity contribution in [3.63, 3.8) is 0 Å². The molecule has 0 radical (unpaired) electrons. The van der Waals surface area contributed by atoms with E-state index in [9.17, 15) is 14.4 Å². The third-order valence-electron chi connectivity index (χ3n) is 4.94. The maximum Gasteiger partial charge on any atom is 0.305 e. The summed E-state index contributed by atoms with van der Waals surface area (Å²) in [6.45, 7) is 1.63. The lowest BCUT2D eigenvalue weighted by Crippen LogP contribution is -2.45. The Morgan fingerprint density at radius 2 is 2.03 bits per heavy atom. The van der Waals surface area contributed by atoms with E-state index in [-0.39, 0.29) is 49.5 Å². The van der Waals surface area contributed by atoms with E-state index in [0.717, 1.165) is 5.56 Å². The second-order valence-corrected chi connectivity index (χ2v) is 7.73. The molecule has 164 valence electrons. The predicted octanol–water partition coefficient (Wildman–Crippen LogP) is 1.89. The van der Waals surface area contributed by atoms with Gasteiger partial charge in [-0.2, -0.15) is 0 Å². The molecule has 0 unspecified atom stereocenters. The van der Waals surface area contributed by atoms with Crippen molar-refractivity contribution >= 4 is 17.8 Å². The number of esters is 1. The van der Waals surface area contributed by atoms with Crippen LogP contribution in [0.2, 0.25) is 0 Å². The van der Waals surface area contributed by atoms with Crippen LogP contribution in [0.4, 0.5) is 0 Å². The first kappa shape index (κ1) is 23.6. The van der Waals surface area contributed by atoms with Gasteiger partial charge >= 0.3 is 5.97 Å². The molecule has 0 aliphatic carbocycles. The molecule has 7 heteroatoms. The van der Waals surface area contributed by atoms with E-state index < -0.39 is 5.92 Å². The van der Waals surface area contributed by atoms with Crippen LogP contribution in [0.5, 0.6) is 0 Å². The van der Waals surface area contributed by atoms with Gasteiger partial charge in [0.15, 0.2) is 0 Å².